The van der Waals surface area contributed by atoms with Gasteiger partial charge in [-0.05, 0) is 6.92 Å². The minimum atomic E-state index is -0.245. The molecule has 0 aromatic carbocycles. The summed E-state index contributed by atoms with van der Waals surface area (Å²) < 4.78 is 5.75. The molecular formula is C15H21N5O2S. The van der Waals surface area contributed by atoms with Gasteiger partial charge in [-0.25, -0.2) is 9.97 Å². The molecular weight excluding hydrogens is 314 g/mol. The molecule has 1 aliphatic rings. The summed E-state index contributed by atoms with van der Waals surface area (Å²) in [7, 11) is 0. The molecule has 2 aromatic rings. The number of morpholine rings is 1. The summed E-state index contributed by atoms with van der Waals surface area (Å²) in [5, 5.41) is 10.1. The van der Waals surface area contributed by atoms with Crippen LogP contribution >= 0.6 is 11.3 Å². The van der Waals surface area contributed by atoms with E-state index in [9.17, 15) is 4.79 Å². The van der Waals surface area contributed by atoms with Crippen LogP contribution in [-0.2, 0) is 16.0 Å². The number of hydrogen-bond donors (Lipinski definition) is 1. The molecule has 0 radical (unpaired) electrons. The Hall–Kier alpha value is -1.80. The lowest BCUT2D eigenvalue weighted by Crippen LogP contribution is -2.43. The second-order valence-corrected chi connectivity index (χ2v) is 7.03. The van der Waals surface area contributed by atoms with Gasteiger partial charge in [0.15, 0.2) is 11.6 Å². The first kappa shape index (κ1) is 16.1. The molecule has 0 aliphatic carbocycles. The van der Waals surface area contributed by atoms with Crippen LogP contribution in [0.15, 0.2) is 5.38 Å². The van der Waals surface area contributed by atoms with Crippen molar-refractivity contribution in [3.63, 3.8) is 0 Å². The van der Waals surface area contributed by atoms with Crippen LogP contribution in [-0.4, -0.2) is 50.7 Å². The zero-order valence-corrected chi connectivity index (χ0v) is 14.4. The normalized spacial score (nSPS) is 18.6. The molecule has 3 rings (SSSR count). The zero-order chi connectivity index (χ0) is 16.4. The third kappa shape index (κ3) is 3.76. The van der Waals surface area contributed by atoms with Crippen LogP contribution < -0.4 is 0 Å². The highest BCUT2D eigenvalue weighted by atomic mass is 32.1. The van der Waals surface area contributed by atoms with Crippen LogP contribution in [0.5, 0.6) is 0 Å². The summed E-state index contributed by atoms with van der Waals surface area (Å²) in [6, 6.07) is 0. The Labute approximate surface area is 139 Å². The number of aryl methyl sites for hydroxylation is 1. The molecule has 0 saturated carbocycles. The summed E-state index contributed by atoms with van der Waals surface area (Å²) in [5.41, 5.74) is 0.835. The van der Waals surface area contributed by atoms with Crippen LogP contribution in [0.4, 0.5) is 0 Å². The Balaban J connectivity index is 1.64. The van der Waals surface area contributed by atoms with Gasteiger partial charge in [0.1, 0.15) is 6.10 Å². The maximum absolute atomic E-state index is 12.5. The van der Waals surface area contributed by atoms with E-state index in [4.69, 9.17) is 4.74 Å². The first-order valence-electron chi connectivity index (χ1n) is 7.75. The summed E-state index contributed by atoms with van der Waals surface area (Å²) in [5.74, 6) is 1.79. The number of hydrogen-bond acceptors (Lipinski definition) is 6. The molecule has 1 N–H and O–H groups in total. The van der Waals surface area contributed by atoms with Crippen LogP contribution in [0.1, 0.15) is 48.2 Å². The largest absolute Gasteiger partial charge is 0.367 e. The molecule has 1 atom stereocenters. The van der Waals surface area contributed by atoms with Gasteiger partial charge in [0, 0.05) is 17.8 Å². The number of H-pyrrole nitrogens is 1. The number of amides is 1. The van der Waals surface area contributed by atoms with Gasteiger partial charge in [0.25, 0.3) is 0 Å². The van der Waals surface area contributed by atoms with Crippen LogP contribution in [0.2, 0.25) is 0 Å². The number of aromatic nitrogens is 4. The lowest BCUT2D eigenvalue weighted by Gasteiger charge is -2.31. The van der Waals surface area contributed by atoms with E-state index in [0.717, 1.165) is 16.5 Å². The van der Waals surface area contributed by atoms with E-state index >= 15 is 0 Å². The monoisotopic (exact) mass is 335 g/mol. The zero-order valence-electron chi connectivity index (χ0n) is 13.6. The first-order valence-corrected chi connectivity index (χ1v) is 8.63. The third-order valence-electron chi connectivity index (χ3n) is 3.76. The molecule has 7 nitrogen and oxygen atoms in total. The Morgan fingerprint density at radius 3 is 3.00 bits per heavy atom. The standard InChI is InChI=1S/C15H21N5O2S/c1-9(2)14-17-15(19-18-14)12-7-20(4-5-22-12)13(21)6-11-8-23-10(3)16-11/h8-9,12H,4-7H2,1-3H3,(H,17,18,19)/t12-/m1/s1. The lowest BCUT2D eigenvalue weighted by atomic mass is 10.2. The molecule has 1 saturated heterocycles. The summed E-state index contributed by atoms with van der Waals surface area (Å²) >= 11 is 1.57. The van der Waals surface area contributed by atoms with E-state index in [2.05, 4.69) is 20.2 Å². The fourth-order valence-electron chi connectivity index (χ4n) is 2.49. The highest BCUT2D eigenvalue weighted by Crippen LogP contribution is 2.21. The first-order chi connectivity index (χ1) is 11.0. The van der Waals surface area contributed by atoms with Crippen molar-refractivity contribution in [1.29, 1.82) is 0 Å². The third-order valence-corrected chi connectivity index (χ3v) is 4.58. The highest BCUT2D eigenvalue weighted by molar-refractivity contribution is 7.09. The van der Waals surface area contributed by atoms with Crippen molar-refractivity contribution in [3.05, 3.63) is 27.7 Å². The van der Waals surface area contributed by atoms with Gasteiger partial charge in [-0.3, -0.25) is 9.89 Å². The summed E-state index contributed by atoms with van der Waals surface area (Å²) in [4.78, 5) is 23.1. The smallest absolute Gasteiger partial charge is 0.228 e. The number of thiazole rings is 1. The Bertz CT molecular complexity index is 681. The number of nitrogens with zero attached hydrogens (tertiary/aromatic N) is 4. The molecule has 0 bridgehead atoms. The predicted octanol–water partition coefficient (Wildman–Crippen LogP) is 1.84. The minimum Gasteiger partial charge on any atom is -0.367 e. The molecule has 3 heterocycles. The molecule has 2 aromatic heterocycles. The maximum Gasteiger partial charge on any atom is 0.228 e. The molecule has 0 unspecified atom stereocenters. The molecule has 1 fully saturated rings. The van der Waals surface area contributed by atoms with E-state index in [0.29, 0.717) is 31.9 Å². The van der Waals surface area contributed by atoms with Crippen molar-refractivity contribution >= 4 is 17.2 Å². The fourth-order valence-corrected chi connectivity index (χ4v) is 3.10. The van der Waals surface area contributed by atoms with E-state index in [1.54, 1.807) is 11.3 Å². The Morgan fingerprint density at radius 2 is 2.35 bits per heavy atom. The average Bonchev–Trinajstić information content (AvgIpc) is 3.17. The highest BCUT2D eigenvalue weighted by Gasteiger charge is 2.28. The molecule has 1 amide bonds. The van der Waals surface area contributed by atoms with Crippen molar-refractivity contribution in [2.45, 2.75) is 39.2 Å². The number of nitrogens with one attached hydrogen (secondary N) is 1. The molecule has 1 aliphatic heterocycles. The number of rotatable bonds is 4. The van der Waals surface area contributed by atoms with Gasteiger partial charge in [-0.2, -0.15) is 5.10 Å². The van der Waals surface area contributed by atoms with Gasteiger partial charge in [0.2, 0.25) is 5.91 Å². The van der Waals surface area contributed by atoms with Gasteiger partial charge in [-0.15, -0.1) is 11.3 Å². The van der Waals surface area contributed by atoms with Gasteiger partial charge < -0.3 is 9.64 Å². The number of carbonyl (C=O) groups is 1. The Kier molecular flexibility index (Phi) is 4.72. The minimum absolute atomic E-state index is 0.0761. The molecule has 0 spiro atoms. The molecule has 8 heteroatoms. The average molecular weight is 335 g/mol. The van der Waals surface area contributed by atoms with Crippen LogP contribution in [0.3, 0.4) is 0 Å². The van der Waals surface area contributed by atoms with Crippen molar-refractivity contribution in [2.75, 3.05) is 19.7 Å². The van der Waals surface area contributed by atoms with Crippen LogP contribution in [0.25, 0.3) is 0 Å². The molecule has 124 valence electrons. The van der Waals surface area contributed by atoms with Crippen molar-refractivity contribution < 1.29 is 9.53 Å². The van der Waals surface area contributed by atoms with Gasteiger partial charge in [-0.1, -0.05) is 13.8 Å². The summed E-state index contributed by atoms with van der Waals surface area (Å²) in [6.07, 6.45) is 0.0925. The van der Waals surface area contributed by atoms with Crippen molar-refractivity contribution in [3.8, 4) is 0 Å². The number of carbonyl (C=O) groups excluding carboxylic acids is 1. The van der Waals surface area contributed by atoms with Gasteiger partial charge in [0.05, 0.1) is 30.3 Å². The van der Waals surface area contributed by atoms with E-state index in [1.165, 1.54) is 0 Å². The molecule has 23 heavy (non-hydrogen) atoms. The van der Waals surface area contributed by atoms with E-state index in [-0.39, 0.29) is 17.9 Å². The maximum atomic E-state index is 12.5. The number of aromatic amines is 1. The van der Waals surface area contributed by atoms with Crippen molar-refractivity contribution in [1.82, 2.24) is 25.1 Å². The van der Waals surface area contributed by atoms with Gasteiger partial charge >= 0.3 is 0 Å². The lowest BCUT2D eigenvalue weighted by molar-refractivity contribution is -0.138. The number of ether oxygens (including phenoxy) is 1. The SMILES string of the molecule is Cc1nc(CC(=O)N2CCO[C@@H](c3nc(C(C)C)n[nH]3)C2)cs1. The predicted molar refractivity (Wildman–Crippen MR) is 86.3 cm³/mol. The van der Waals surface area contributed by atoms with E-state index < -0.39 is 0 Å². The van der Waals surface area contributed by atoms with E-state index in [1.807, 2.05) is 31.1 Å². The second kappa shape index (κ2) is 6.76. The van der Waals surface area contributed by atoms with Crippen molar-refractivity contribution in [2.24, 2.45) is 0 Å². The summed E-state index contributed by atoms with van der Waals surface area (Å²) in [6.45, 7) is 7.63. The topological polar surface area (TPSA) is 84.0 Å². The quantitative estimate of drug-likeness (QED) is 0.921. The Morgan fingerprint density at radius 1 is 1.52 bits per heavy atom. The van der Waals surface area contributed by atoms with Crippen LogP contribution in [0, 0.1) is 6.92 Å². The second-order valence-electron chi connectivity index (χ2n) is 5.97. The fraction of sp³-hybridized carbons (Fsp3) is 0.600.